The van der Waals surface area contributed by atoms with Crippen molar-refractivity contribution in [1.82, 2.24) is 4.90 Å². The van der Waals surface area contributed by atoms with Crippen molar-refractivity contribution in [3.63, 3.8) is 0 Å². The van der Waals surface area contributed by atoms with Crippen LogP contribution < -0.4 is 10.6 Å². The Balaban J connectivity index is 1.42. The van der Waals surface area contributed by atoms with Crippen molar-refractivity contribution in [2.75, 3.05) is 30.3 Å². The van der Waals surface area contributed by atoms with Crippen LogP contribution in [0.4, 0.5) is 29.3 Å². The van der Waals surface area contributed by atoms with Gasteiger partial charge in [-0.15, -0.1) is 0 Å². The molecule has 7 nitrogen and oxygen atoms in total. The van der Waals surface area contributed by atoms with E-state index in [-0.39, 0.29) is 6.03 Å². The van der Waals surface area contributed by atoms with Gasteiger partial charge in [0, 0.05) is 31.6 Å². The summed E-state index contributed by atoms with van der Waals surface area (Å²) < 4.78 is 39.6. The fourth-order valence-electron chi connectivity index (χ4n) is 2.77. The van der Waals surface area contributed by atoms with Gasteiger partial charge in [-0.25, -0.2) is 18.0 Å². The number of likely N-dealkylation sites (tertiary alicyclic amines) is 1. The molecule has 0 aromatic heterocycles. The number of urea groups is 1. The average Bonchev–Trinajstić information content (AvgIpc) is 2.75. The van der Waals surface area contributed by atoms with Gasteiger partial charge in [-0.05, 0) is 24.3 Å². The van der Waals surface area contributed by atoms with Crippen molar-refractivity contribution in [2.24, 2.45) is 5.16 Å². The molecule has 30 heavy (non-hydrogen) atoms. The standard InChI is InChI=1S/C20H19F3N4O3/c21-15-6-7-16(19(23)18(15)22)25-17(28)12-30-26-14-8-10-27(11-9-14)20(29)24-13-4-2-1-3-5-13/h1-7H,8-12H2,(H,24,29)(H,25,28). The van der Waals surface area contributed by atoms with Crippen LogP contribution in [0.15, 0.2) is 47.6 Å². The van der Waals surface area contributed by atoms with Gasteiger partial charge < -0.3 is 20.4 Å². The van der Waals surface area contributed by atoms with Crippen molar-refractivity contribution in [3.05, 3.63) is 59.9 Å². The van der Waals surface area contributed by atoms with Gasteiger partial charge in [-0.1, -0.05) is 23.4 Å². The molecule has 2 N–H and O–H groups in total. The van der Waals surface area contributed by atoms with Crippen LogP contribution in [0.2, 0.25) is 0 Å². The average molecular weight is 420 g/mol. The lowest BCUT2D eigenvalue weighted by atomic mass is 10.1. The van der Waals surface area contributed by atoms with Crippen LogP contribution >= 0.6 is 0 Å². The van der Waals surface area contributed by atoms with Crippen LogP contribution in [0.1, 0.15) is 12.8 Å². The van der Waals surface area contributed by atoms with Crippen LogP contribution in [-0.2, 0) is 9.63 Å². The molecule has 1 aliphatic rings. The summed E-state index contributed by atoms with van der Waals surface area (Å²) in [6, 6.07) is 10.5. The highest BCUT2D eigenvalue weighted by Gasteiger charge is 2.20. The summed E-state index contributed by atoms with van der Waals surface area (Å²) in [6.07, 6.45) is 0.948. The second-order valence-electron chi connectivity index (χ2n) is 6.49. The maximum atomic E-state index is 13.5. The molecular weight excluding hydrogens is 401 g/mol. The third-order valence-corrected chi connectivity index (χ3v) is 4.35. The van der Waals surface area contributed by atoms with E-state index in [1.165, 1.54) is 0 Å². The molecule has 10 heteroatoms. The van der Waals surface area contributed by atoms with Gasteiger partial charge in [0.2, 0.25) is 0 Å². The molecular formula is C20H19F3N4O3. The molecule has 1 heterocycles. The third-order valence-electron chi connectivity index (χ3n) is 4.35. The zero-order valence-electron chi connectivity index (χ0n) is 15.8. The third kappa shape index (κ3) is 5.49. The van der Waals surface area contributed by atoms with Crippen LogP contribution in [-0.4, -0.2) is 42.2 Å². The van der Waals surface area contributed by atoms with Crippen LogP contribution in [0.5, 0.6) is 0 Å². The van der Waals surface area contributed by atoms with E-state index in [1.54, 1.807) is 17.0 Å². The molecule has 158 valence electrons. The van der Waals surface area contributed by atoms with Gasteiger partial charge in [0.15, 0.2) is 24.1 Å². The predicted molar refractivity (Wildman–Crippen MR) is 105 cm³/mol. The fraction of sp³-hybridized carbons (Fsp3) is 0.250. The van der Waals surface area contributed by atoms with Gasteiger partial charge in [0.05, 0.1) is 11.4 Å². The predicted octanol–water partition coefficient (Wildman–Crippen LogP) is 3.74. The van der Waals surface area contributed by atoms with Crippen LogP contribution in [0.25, 0.3) is 0 Å². The van der Waals surface area contributed by atoms with Crippen LogP contribution in [0.3, 0.4) is 0 Å². The molecule has 0 unspecified atom stereocenters. The summed E-state index contributed by atoms with van der Waals surface area (Å²) in [5, 5.41) is 8.75. The number of nitrogens with one attached hydrogen (secondary N) is 2. The van der Waals surface area contributed by atoms with Gasteiger partial charge in [0.1, 0.15) is 0 Å². The number of oxime groups is 1. The Morgan fingerprint density at radius 1 is 0.967 bits per heavy atom. The largest absolute Gasteiger partial charge is 0.386 e. The van der Waals surface area contributed by atoms with Crippen molar-refractivity contribution in [1.29, 1.82) is 0 Å². The number of anilines is 2. The molecule has 2 aromatic carbocycles. The molecule has 1 saturated heterocycles. The number of nitrogens with zero attached hydrogens (tertiary/aromatic N) is 2. The molecule has 1 aliphatic heterocycles. The first-order valence-electron chi connectivity index (χ1n) is 9.16. The summed E-state index contributed by atoms with van der Waals surface area (Å²) in [6.45, 7) is 0.348. The fourth-order valence-corrected chi connectivity index (χ4v) is 2.77. The number of halogens is 3. The van der Waals surface area contributed by atoms with E-state index in [0.29, 0.717) is 43.4 Å². The summed E-state index contributed by atoms with van der Waals surface area (Å²) in [5.74, 6) is -5.28. The number of hydrogen-bond acceptors (Lipinski definition) is 4. The molecule has 0 saturated carbocycles. The number of carbonyl (C=O) groups is 2. The van der Waals surface area contributed by atoms with E-state index in [1.807, 2.05) is 18.2 Å². The van der Waals surface area contributed by atoms with E-state index in [0.717, 1.165) is 6.07 Å². The number of amides is 3. The normalized spacial score (nSPS) is 13.6. The number of carbonyl (C=O) groups excluding carboxylic acids is 2. The van der Waals surface area contributed by atoms with Gasteiger partial charge in [0.25, 0.3) is 5.91 Å². The Hall–Kier alpha value is -3.56. The lowest BCUT2D eigenvalue weighted by Gasteiger charge is -2.27. The minimum atomic E-state index is -1.67. The molecule has 3 amide bonds. The number of benzene rings is 2. The monoisotopic (exact) mass is 420 g/mol. The Kier molecular flexibility index (Phi) is 6.89. The Morgan fingerprint density at radius 3 is 2.37 bits per heavy atom. The molecule has 0 atom stereocenters. The summed E-state index contributed by atoms with van der Waals surface area (Å²) >= 11 is 0. The highest BCUT2D eigenvalue weighted by molar-refractivity contribution is 5.93. The van der Waals surface area contributed by atoms with Crippen molar-refractivity contribution in [2.45, 2.75) is 12.8 Å². The minimum absolute atomic E-state index is 0.214. The Bertz CT molecular complexity index is 944. The molecule has 3 rings (SSSR count). The first-order valence-corrected chi connectivity index (χ1v) is 9.16. The number of rotatable bonds is 5. The SMILES string of the molecule is O=C(CON=C1CCN(C(=O)Nc2ccccc2)CC1)Nc1ccc(F)c(F)c1F. The van der Waals surface area contributed by atoms with E-state index in [2.05, 4.69) is 15.8 Å². The molecule has 1 fully saturated rings. The van der Waals surface area contributed by atoms with Crippen molar-refractivity contribution >= 4 is 29.0 Å². The van der Waals surface area contributed by atoms with Crippen molar-refractivity contribution < 1.29 is 27.6 Å². The van der Waals surface area contributed by atoms with E-state index >= 15 is 0 Å². The highest BCUT2D eigenvalue weighted by atomic mass is 19.2. The van der Waals surface area contributed by atoms with Gasteiger partial charge in [-0.3, -0.25) is 4.79 Å². The van der Waals surface area contributed by atoms with E-state index < -0.39 is 35.7 Å². The quantitative estimate of drug-likeness (QED) is 0.571. The second-order valence-corrected chi connectivity index (χ2v) is 6.49. The van der Waals surface area contributed by atoms with Crippen molar-refractivity contribution in [3.8, 4) is 0 Å². The Morgan fingerprint density at radius 2 is 1.67 bits per heavy atom. The summed E-state index contributed by atoms with van der Waals surface area (Å²) in [7, 11) is 0. The molecule has 0 bridgehead atoms. The topological polar surface area (TPSA) is 83.0 Å². The minimum Gasteiger partial charge on any atom is -0.386 e. The zero-order valence-corrected chi connectivity index (χ0v) is 15.8. The molecule has 0 radical (unpaired) electrons. The molecule has 0 aliphatic carbocycles. The zero-order chi connectivity index (χ0) is 21.5. The lowest BCUT2D eigenvalue weighted by Crippen LogP contribution is -2.41. The first-order chi connectivity index (χ1) is 14.4. The first kappa shape index (κ1) is 21.2. The summed E-state index contributed by atoms with van der Waals surface area (Å²) in [4.78, 5) is 30.6. The smallest absolute Gasteiger partial charge is 0.321 e. The maximum Gasteiger partial charge on any atom is 0.321 e. The van der Waals surface area contributed by atoms with E-state index in [9.17, 15) is 22.8 Å². The summed E-state index contributed by atoms with van der Waals surface area (Å²) in [5.41, 5.74) is 0.882. The lowest BCUT2D eigenvalue weighted by molar-refractivity contribution is -0.120. The Labute approximate surface area is 170 Å². The van der Waals surface area contributed by atoms with Gasteiger partial charge in [-0.2, -0.15) is 0 Å². The highest BCUT2D eigenvalue weighted by Crippen LogP contribution is 2.19. The molecule has 0 spiro atoms. The van der Waals surface area contributed by atoms with E-state index in [4.69, 9.17) is 4.84 Å². The number of piperidine rings is 1. The number of hydrogen-bond donors (Lipinski definition) is 2. The van der Waals surface area contributed by atoms with Crippen LogP contribution in [0, 0.1) is 17.5 Å². The second kappa shape index (κ2) is 9.77. The van der Waals surface area contributed by atoms with Gasteiger partial charge >= 0.3 is 6.03 Å². The maximum absolute atomic E-state index is 13.5. The number of para-hydroxylation sites is 1. The molecule has 2 aromatic rings.